The summed E-state index contributed by atoms with van der Waals surface area (Å²) in [4.78, 5) is 10.5. The Morgan fingerprint density at radius 3 is 2.92 bits per heavy atom. The fourth-order valence-electron chi connectivity index (χ4n) is 2.09. The number of carbonyl (C=O) groups excluding carboxylic acids is 1. The molecule has 1 heteroatoms. The first-order chi connectivity index (χ1) is 5.61. The van der Waals surface area contributed by atoms with Crippen LogP contribution in [0.5, 0.6) is 0 Å². The van der Waals surface area contributed by atoms with Crippen molar-refractivity contribution in [1.82, 2.24) is 0 Å². The van der Waals surface area contributed by atoms with E-state index in [0.29, 0.717) is 12.3 Å². The summed E-state index contributed by atoms with van der Waals surface area (Å²) in [6.07, 6.45) is 5.27. The second-order valence-corrected chi connectivity index (χ2v) is 4.19. The van der Waals surface area contributed by atoms with Crippen molar-refractivity contribution in [3.63, 3.8) is 0 Å². The molecule has 0 saturated heterocycles. The van der Waals surface area contributed by atoms with Gasteiger partial charge in [0.25, 0.3) is 0 Å². The SMILES string of the molecule is C=C1CCCC(C)C1(C)CC=O. The van der Waals surface area contributed by atoms with Crippen molar-refractivity contribution < 1.29 is 4.79 Å². The van der Waals surface area contributed by atoms with Crippen molar-refractivity contribution >= 4 is 6.29 Å². The Labute approximate surface area is 74.9 Å². The van der Waals surface area contributed by atoms with Crippen LogP contribution in [-0.4, -0.2) is 6.29 Å². The molecular weight excluding hydrogens is 148 g/mol. The maximum absolute atomic E-state index is 10.5. The molecule has 1 nitrogen and oxygen atoms in total. The van der Waals surface area contributed by atoms with E-state index >= 15 is 0 Å². The molecule has 0 spiro atoms. The Kier molecular flexibility index (Phi) is 2.71. The molecule has 0 aromatic rings. The van der Waals surface area contributed by atoms with Gasteiger partial charge in [-0.3, -0.25) is 0 Å². The summed E-state index contributed by atoms with van der Waals surface area (Å²) < 4.78 is 0. The van der Waals surface area contributed by atoms with E-state index in [2.05, 4.69) is 20.4 Å². The lowest BCUT2D eigenvalue weighted by Gasteiger charge is -2.40. The second-order valence-electron chi connectivity index (χ2n) is 4.19. The molecule has 0 aliphatic heterocycles. The van der Waals surface area contributed by atoms with Gasteiger partial charge in [-0.2, -0.15) is 0 Å². The van der Waals surface area contributed by atoms with Gasteiger partial charge in [-0.1, -0.05) is 26.0 Å². The normalized spacial score (nSPS) is 36.5. The molecule has 1 aliphatic carbocycles. The maximum Gasteiger partial charge on any atom is 0.120 e. The number of allylic oxidation sites excluding steroid dienone is 1. The number of carbonyl (C=O) groups is 1. The standard InChI is InChI=1S/C11H18O/c1-9-5-4-6-10(2)11(9,3)7-8-12/h8,10H,1,4-7H2,2-3H3. The fourth-order valence-corrected chi connectivity index (χ4v) is 2.09. The average molecular weight is 166 g/mol. The van der Waals surface area contributed by atoms with Crippen LogP contribution < -0.4 is 0 Å². The Morgan fingerprint density at radius 1 is 1.75 bits per heavy atom. The molecule has 0 aromatic carbocycles. The van der Waals surface area contributed by atoms with E-state index in [1.807, 2.05) is 0 Å². The average Bonchev–Trinajstić information content (AvgIpc) is 2.02. The number of hydrogen-bond donors (Lipinski definition) is 0. The number of rotatable bonds is 2. The minimum absolute atomic E-state index is 0.0833. The molecule has 0 radical (unpaired) electrons. The lowest BCUT2D eigenvalue weighted by molar-refractivity contribution is -0.110. The summed E-state index contributed by atoms with van der Waals surface area (Å²) in [6.45, 7) is 8.48. The molecular formula is C11H18O. The number of aldehydes is 1. The molecule has 0 bridgehead atoms. The predicted octanol–water partition coefficient (Wildman–Crippen LogP) is 2.96. The Morgan fingerprint density at radius 2 is 2.42 bits per heavy atom. The summed E-state index contributed by atoms with van der Waals surface area (Å²) in [5.41, 5.74) is 1.35. The van der Waals surface area contributed by atoms with Crippen molar-refractivity contribution in [2.45, 2.75) is 39.5 Å². The monoisotopic (exact) mass is 166 g/mol. The minimum Gasteiger partial charge on any atom is -0.303 e. The highest BCUT2D eigenvalue weighted by atomic mass is 16.1. The molecule has 0 heterocycles. The van der Waals surface area contributed by atoms with Crippen LogP contribution in [-0.2, 0) is 4.79 Å². The molecule has 2 atom stereocenters. The zero-order valence-electron chi connectivity index (χ0n) is 8.10. The van der Waals surface area contributed by atoms with E-state index in [1.54, 1.807) is 0 Å². The van der Waals surface area contributed by atoms with Crippen LogP contribution in [0.4, 0.5) is 0 Å². The molecule has 1 saturated carbocycles. The molecule has 0 aromatic heterocycles. The highest BCUT2D eigenvalue weighted by molar-refractivity contribution is 5.52. The van der Waals surface area contributed by atoms with Gasteiger partial charge in [0, 0.05) is 6.42 Å². The molecule has 0 amide bonds. The van der Waals surface area contributed by atoms with Gasteiger partial charge in [0.05, 0.1) is 0 Å². The van der Waals surface area contributed by atoms with Crippen LogP contribution >= 0.6 is 0 Å². The van der Waals surface area contributed by atoms with Crippen LogP contribution in [0.3, 0.4) is 0 Å². The Balaban J connectivity index is 2.79. The summed E-state index contributed by atoms with van der Waals surface area (Å²) >= 11 is 0. The molecule has 1 rings (SSSR count). The van der Waals surface area contributed by atoms with E-state index in [4.69, 9.17) is 0 Å². The van der Waals surface area contributed by atoms with E-state index in [9.17, 15) is 4.79 Å². The first-order valence-electron chi connectivity index (χ1n) is 4.73. The largest absolute Gasteiger partial charge is 0.303 e. The van der Waals surface area contributed by atoms with Gasteiger partial charge in [0.15, 0.2) is 0 Å². The van der Waals surface area contributed by atoms with Crippen LogP contribution in [0.25, 0.3) is 0 Å². The molecule has 1 aliphatic rings. The third-order valence-corrected chi connectivity index (χ3v) is 3.52. The van der Waals surface area contributed by atoms with Gasteiger partial charge in [-0.25, -0.2) is 0 Å². The fraction of sp³-hybridized carbons (Fsp3) is 0.727. The van der Waals surface area contributed by atoms with Crippen LogP contribution in [0.15, 0.2) is 12.2 Å². The van der Waals surface area contributed by atoms with E-state index in [0.717, 1.165) is 12.7 Å². The Bertz CT molecular complexity index is 195. The van der Waals surface area contributed by atoms with E-state index in [-0.39, 0.29) is 5.41 Å². The van der Waals surface area contributed by atoms with Gasteiger partial charge < -0.3 is 4.79 Å². The van der Waals surface area contributed by atoms with E-state index in [1.165, 1.54) is 18.4 Å². The van der Waals surface area contributed by atoms with Crippen molar-refractivity contribution in [3.05, 3.63) is 12.2 Å². The topological polar surface area (TPSA) is 17.1 Å². The highest BCUT2D eigenvalue weighted by Gasteiger charge is 2.35. The zero-order chi connectivity index (χ0) is 9.19. The molecule has 68 valence electrons. The molecule has 12 heavy (non-hydrogen) atoms. The van der Waals surface area contributed by atoms with Gasteiger partial charge >= 0.3 is 0 Å². The van der Waals surface area contributed by atoms with E-state index < -0.39 is 0 Å². The van der Waals surface area contributed by atoms with Crippen LogP contribution in [0.2, 0.25) is 0 Å². The molecule has 1 fully saturated rings. The lowest BCUT2D eigenvalue weighted by Crippen LogP contribution is -2.31. The smallest absolute Gasteiger partial charge is 0.120 e. The number of hydrogen-bond acceptors (Lipinski definition) is 1. The van der Waals surface area contributed by atoms with Crippen LogP contribution in [0.1, 0.15) is 39.5 Å². The summed E-state index contributed by atoms with van der Waals surface area (Å²) in [5, 5.41) is 0. The van der Waals surface area contributed by atoms with Crippen molar-refractivity contribution in [2.75, 3.05) is 0 Å². The maximum atomic E-state index is 10.5. The summed E-state index contributed by atoms with van der Waals surface area (Å²) in [5.74, 6) is 0.615. The molecule has 0 N–H and O–H groups in total. The van der Waals surface area contributed by atoms with Crippen molar-refractivity contribution in [1.29, 1.82) is 0 Å². The van der Waals surface area contributed by atoms with Crippen molar-refractivity contribution in [2.24, 2.45) is 11.3 Å². The predicted molar refractivity (Wildman–Crippen MR) is 50.9 cm³/mol. The first kappa shape index (κ1) is 9.50. The Hall–Kier alpha value is -0.590. The van der Waals surface area contributed by atoms with Crippen molar-refractivity contribution in [3.8, 4) is 0 Å². The summed E-state index contributed by atoms with van der Waals surface area (Å²) in [7, 11) is 0. The third-order valence-electron chi connectivity index (χ3n) is 3.52. The third kappa shape index (κ3) is 1.45. The highest BCUT2D eigenvalue weighted by Crippen LogP contribution is 2.45. The minimum atomic E-state index is 0.0833. The summed E-state index contributed by atoms with van der Waals surface area (Å²) in [6, 6.07) is 0. The van der Waals surface area contributed by atoms with Gasteiger partial charge in [-0.15, -0.1) is 0 Å². The second kappa shape index (κ2) is 3.42. The first-order valence-corrected chi connectivity index (χ1v) is 4.73. The zero-order valence-corrected chi connectivity index (χ0v) is 8.10. The van der Waals surface area contributed by atoms with Crippen LogP contribution in [0, 0.1) is 11.3 Å². The van der Waals surface area contributed by atoms with Gasteiger partial charge in [0.2, 0.25) is 0 Å². The lowest BCUT2D eigenvalue weighted by atomic mass is 9.64. The quantitative estimate of drug-likeness (QED) is 0.455. The van der Waals surface area contributed by atoms with Gasteiger partial charge in [-0.05, 0) is 30.6 Å². The molecule has 2 unspecified atom stereocenters. The van der Waals surface area contributed by atoms with Gasteiger partial charge in [0.1, 0.15) is 6.29 Å².